The van der Waals surface area contributed by atoms with E-state index in [-0.39, 0.29) is 17.8 Å². The highest BCUT2D eigenvalue weighted by Gasteiger charge is 2.17. The van der Waals surface area contributed by atoms with Crippen LogP contribution in [0.5, 0.6) is 0 Å². The zero-order valence-corrected chi connectivity index (χ0v) is 10.9. The van der Waals surface area contributed by atoms with Gasteiger partial charge in [0.2, 0.25) is 5.91 Å². The molecule has 1 heterocycles. The van der Waals surface area contributed by atoms with Gasteiger partial charge in [0.15, 0.2) is 0 Å². The molecule has 3 nitrogen and oxygen atoms in total. The molecule has 0 fully saturated rings. The largest absolute Gasteiger partial charge is 0.326 e. The van der Waals surface area contributed by atoms with Gasteiger partial charge in [0, 0.05) is 12.1 Å². The highest BCUT2D eigenvalue weighted by atomic mass is 19.1. The maximum absolute atomic E-state index is 13.3. The molecule has 0 spiro atoms. The van der Waals surface area contributed by atoms with Gasteiger partial charge in [0.05, 0.1) is 6.04 Å². The zero-order valence-electron chi connectivity index (χ0n) is 10.9. The first-order valence-corrected chi connectivity index (χ1v) is 6.57. The van der Waals surface area contributed by atoms with Gasteiger partial charge < -0.3 is 11.1 Å². The van der Waals surface area contributed by atoms with Crippen LogP contribution in [0.3, 0.4) is 0 Å². The summed E-state index contributed by atoms with van der Waals surface area (Å²) in [4.78, 5) is 11.3. The van der Waals surface area contributed by atoms with Crippen LogP contribution in [0.15, 0.2) is 42.5 Å². The van der Waals surface area contributed by atoms with Gasteiger partial charge >= 0.3 is 0 Å². The molecule has 1 unspecified atom stereocenters. The average Bonchev–Trinajstić information content (AvgIpc) is 2.46. The van der Waals surface area contributed by atoms with Crippen LogP contribution in [-0.2, 0) is 11.2 Å². The Morgan fingerprint density at radius 3 is 2.70 bits per heavy atom. The number of fused-ring (bicyclic) bond motifs is 1. The molecule has 0 saturated heterocycles. The molecule has 1 aliphatic heterocycles. The Balaban J connectivity index is 1.93. The number of nitrogens with one attached hydrogen (secondary N) is 1. The molecule has 0 bridgehead atoms. The van der Waals surface area contributed by atoms with Crippen molar-refractivity contribution in [3.05, 3.63) is 65.0 Å². The number of halogens is 1. The van der Waals surface area contributed by atoms with E-state index in [0.717, 1.165) is 22.4 Å². The van der Waals surface area contributed by atoms with Crippen molar-refractivity contribution in [2.24, 2.45) is 5.73 Å². The molecule has 102 valence electrons. The Labute approximate surface area is 116 Å². The lowest BCUT2D eigenvalue weighted by molar-refractivity contribution is -0.116. The number of aryl methyl sites for hydroxylation is 1. The van der Waals surface area contributed by atoms with Gasteiger partial charge in [0.25, 0.3) is 0 Å². The molecule has 2 aromatic carbocycles. The molecule has 20 heavy (non-hydrogen) atoms. The Hall–Kier alpha value is -2.20. The van der Waals surface area contributed by atoms with Crippen LogP contribution >= 0.6 is 0 Å². The summed E-state index contributed by atoms with van der Waals surface area (Å²) >= 11 is 0. The van der Waals surface area contributed by atoms with E-state index in [1.807, 2.05) is 24.3 Å². The molecule has 0 radical (unpaired) electrons. The third-order valence-electron chi connectivity index (χ3n) is 3.59. The summed E-state index contributed by atoms with van der Waals surface area (Å²) in [5.74, 6) is -0.247. The first-order chi connectivity index (χ1) is 9.63. The Kier molecular flexibility index (Phi) is 3.24. The SMILES string of the molecule is NC(c1cccc(F)c1)c1ccc2c(c1)CCC(=O)N2. The molecule has 0 aromatic heterocycles. The molecule has 0 saturated carbocycles. The lowest BCUT2D eigenvalue weighted by Gasteiger charge is -2.20. The van der Waals surface area contributed by atoms with Gasteiger partial charge in [-0.3, -0.25) is 4.79 Å². The summed E-state index contributed by atoms with van der Waals surface area (Å²) in [7, 11) is 0. The summed E-state index contributed by atoms with van der Waals surface area (Å²) < 4.78 is 13.3. The molecule has 1 amide bonds. The van der Waals surface area contributed by atoms with E-state index >= 15 is 0 Å². The summed E-state index contributed by atoms with van der Waals surface area (Å²) in [6, 6.07) is 11.7. The molecule has 0 aliphatic carbocycles. The zero-order chi connectivity index (χ0) is 14.1. The number of hydrogen-bond donors (Lipinski definition) is 2. The second-order valence-corrected chi connectivity index (χ2v) is 5.00. The van der Waals surface area contributed by atoms with Crippen LogP contribution in [0.25, 0.3) is 0 Å². The predicted molar refractivity (Wildman–Crippen MR) is 75.8 cm³/mol. The summed E-state index contributed by atoms with van der Waals surface area (Å²) in [6.07, 6.45) is 1.20. The Morgan fingerprint density at radius 1 is 1.10 bits per heavy atom. The van der Waals surface area contributed by atoms with Crippen molar-refractivity contribution in [2.75, 3.05) is 5.32 Å². The summed E-state index contributed by atoms with van der Waals surface area (Å²) in [6.45, 7) is 0. The van der Waals surface area contributed by atoms with Crippen molar-refractivity contribution in [1.29, 1.82) is 0 Å². The predicted octanol–water partition coefficient (Wildman–Crippen LogP) is 2.76. The lowest BCUT2D eigenvalue weighted by Crippen LogP contribution is -2.20. The van der Waals surface area contributed by atoms with E-state index in [4.69, 9.17) is 5.73 Å². The van der Waals surface area contributed by atoms with E-state index < -0.39 is 0 Å². The van der Waals surface area contributed by atoms with Gasteiger partial charge in [-0.05, 0) is 41.3 Å². The summed E-state index contributed by atoms with van der Waals surface area (Å²) in [5, 5.41) is 2.84. The lowest BCUT2D eigenvalue weighted by atomic mass is 9.94. The van der Waals surface area contributed by atoms with E-state index in [9.17, 15) is 9.18 Å². The first kappa shape index (κ1) is 12.8. The maximum atomic E-state index is 13.3. The number of nitrogens with two attached hydrogens (primary N) is 1. The molecule has 2 aromatic rings. The first-order valence-electron chi connectivity index (χ1n) is 6.57. The average molecular weight is 270 g/mol. The van der Waals surface area contributed by atoms with Gasteiger partial charge in [0.1, 0.15) is 5.82 Å². The standard InChI is InChI=1S/C16H15FN2O/c17-13-3-1-2-11(9-13)16(18)12-4-6-14-10(8-12)5-7-15(20)19-14/h1-4,6,8-9,16H,5,7,18H2,(H,19,20). The second kappa shape index (κ2) is 5.06. The molecule has 1 atom stereocenters. The topological polar surface area (TPSA) is 55.1 Å². The molecular weight excluding hydrogens is 255 g/mol. The van der Waals surface area contributed by atoms with Crippen LogP contribution < -0.4 is 11.1 Å². The fourth-order valence-corrected chi connectivity index (χ4v) is 2.49. The third-order valence-corrected chi connectivity index (χ3v) is 3.59. The number of amides is 1. The maximum Gasteiger partial charge on any atom is 0.224 e. The number of anilines is 1. The van der Waals surface area contributed by atoms with Crippen molar-refractivity contribution >= 4 is 11.6 Å². The monoisotopic (exact) mass is 270 g/mol. The minimum absolute atomic E-state index is 0.0414. The summed E-state index contributed by atoms with van der Waals surface area (Å²) in [5.41, 5.74) is 9.78. The number of carbonyl (C=O) groups is 1. The molecule has 4 heteroatoms. The van der Waals surface area contributed by atoms with Crippen LogP contribution in [0.4, 0.5) is 10.1 Å². The fraction of sp³-hybridized carbons (Fsp3) is 0.188. The van der Waals surface area contributed by atoms with Crippen molar-refractivity contribution in [2.45, 2.75) is 18.9 Å². The molecule has 1 aliphatic rings. The van der Waals surface area contributed by atoms with Crippen LogP contribution in [0, 0.1) is 5.82 Å². The van der Waals surface area contributed by atoms with E-state index in [1.54, 1.807) is 6.07 Å². The fourth-order valence-electron chi connectivity index (χ4n) is 2.49. The number of rotatable bonds is 2. The van der Waals surface area contributed by atoms with Gasteiger partial charge in [-0.25, -0.2) is 4.39 Å². The molecule has 3 N–H and O–H groups in total. The van der Waals surface area contributed by atoms with E-state index in [1.165, 1.54) is 12.1 Å². The van der Waals surface area contributed by atoms with Crippen molar-refractivity contribution in [1.82, 2.24) is 0 Å². The van der Waals surface area contributed by atoms with Crippen LogP contribution in [-0.4, -0.2) is 5.91 Å². The third kappa shape index (κ3) is 2.42. The van der Waals surface area contributed by atoms with Gasteiger partial charge in [-0.2, -0.15) is 0 Å². The Morgan fingerprint density at radius 2 is 1.90 bits per heavy atom. The van der Waals surface area contributed by atoms with Crippen LogP contribution in [0.1, 0.15) is 29.2 Å². The number of hydrogen-bond acceptors (Lipinski definition) is 2. The van der Waals surface area contributed by atoms with Crippen molar-refractivity contribution < 1.29 is 9.18 Å². The van der Waals surface area contributed by atoms with Crippen molar-refractivity contribution in [3.8, 4) is 0 Å². The highest BCUT2D eigenvalue weighted by molar-refractivity contribution is 5.93. The van der Waals surface area contributed by atoms with Gasteiger partial charge in [-0.15, -0.1) is 0 Å². The van der Waals surface area contributed by atoms with Crippen molar-refractivity contribution in [3.63, 3.8) is 0 Å². The highest BCUT2D eigenvalue weighted by Crippen LogP contribution is 2.28. The second-order valence-electron chi connectivity index (χ2n) is 5.00. The minimum Gasteiger partial charge on any atom is -0.326 e. The normalized spacial score (nSPS) is 15.4. The number of carbonyl (C=O) groups excluding carboxylic acids is 1. The quantitative estimate of drug-likeness (QED) is 0.881. The smallest absolute Gasteiger partial charge is 0.224 e. The molecule has 3 rings (SSSR count). The van der Waals surface area contributed by atoms with Crippen LogP contribution in [0.2, 0.25) is 0 Å². The van der Waals surface area contributed by atoms with E-state index in [2.05, 4.69) is 5.32 Å². The Bertz CT molecular complexity index is 669. The minimum atomic E-state index is -0.367. The molecular formula is C16H15FN2O. The number of benzene rings is 2. The van der Waals surface area contributed by atoms with Gasteiger partial charge in [-0.1, -0.05) is 24.3 Å². The van der Waals surface area contributed by atoms with E-state index in [0.29, 0.717) is 12.8 Å².